The minimum Gasteiger partial charge on any atom is -0.473 e. The minimum atomic E-state index is 0.172. The van der Waals surface area contributed by atoms with E-state index in [1.165, 1.54) is 6.20 Å². The van der Waals surface area contributed by atoms with E-state index in [0.29, 0.717) is 22.0 Å². The molecular formula is C11H14Cl2N2O. The van der Waals surface area contributed by atoms with Crippen LogP contribution in [0.4, 0.5) is 0 Å². The van der Waals surface area contributed by atoms with Gasteiger partial charge >= 0.3 is 0 Å². The van der Waals surface area contributed by atoms with E-state index < -0.39 is 0 Å². The summed E-state index contributed by atoms with van der Waals surface area (Å²) in [6, 6.07) is 1.95. The van der Waals surface area contributed by atoms with E-state index in [4.69, 9.17) is 33.7 Å². The number of halogens is 2. The zero-order valence-corrected chi connectivity index (χ0v) is 10.3. The predicted octanol–water partition coefficient (Wildman–Crippen LogP) is 3.04. The molecule has 0 aliphatic heterocycles. The van der Waals surface area contributed by atoms with Crippen molar-refractivity contribution in [2.75, 3.05) is 0 Å². The van der Waals surface area contributed by atoms with Crippen LogP contribution in [-0.4, -0.2) is 17.1 Å². The Hall–Kier alpha value is -0.510. The van der Waals surface area contributed by atoms with Gasteiger partial charge in [-0.25, -0.2) is 4.98 Å². The van der Waals surface area contributed by atoms with Gasteiger partial charge in [-0.05, 0) is 31.7 Å². The van der Waals surface area contributed by atoms with E-state index in [1.807, 2.05) is 0 Å². The average Bonchev–Trinajstić information content (AvgIpc) is 2.25. The summed E-state index contributed by atoms with van der Waals surface area (Å²) < 4.78 is 5.73. The average molecular weight is 261 g/mol. The molecule has 0 unspecified atom stereocenters. The number of aromatic nitrogens is 1. The summed E-state index contributed by atoms with van der Waals surface area (Å²) in [4.78, 5) is 4.07. The van der Waals surface area contributed by atoms with Crippen LogP contribution in [-0.2, 0) is 0 Å². The fourth-order valence-corrected chi connectivity index (χ4v) is 2.28. The zero-order chi connectivity index (χ0) is 11.5. The number of pyridine rings is 1. The maximum Gasteiger partial charge on any atom is 0.232 e. The third kappa shape index (κ3) is 3.00. The Morgan fingerprint density at radius 3 is 2.56 bits per heavy atom. The summed E-state index contributed by atoms with van der Waals surface area (Å²) in [5.41, 5.74) is 5.83. The third-order valence-electron chi connectivity index (χ3n) is 2.77. The van der Waals surface area contributed by atoms with Crippen LogP contribution in [0.15, 0.2) is 12.3 Å². The quantitative estimate of drug-likeness (QED) is 0.890. The molecule has 0 amide bonds. The lowest BCUT2D eigenvalue weighted by Gasteiger charge is -2.26. The van der Waals surface area contributed by atoms with Crippen molar-refractivity contribution in [3.63, 3.8) is 0 Å². The highest BCUT2D eigenvalue weighted by Crippen LogP contribution is 2.28. The van der Waals surface area contributed by atoms with E-state index in [0.717, 1.165) is 25.7 Å². The maximum atomic E-state index is 5.98. The Morgan fingerprint density at radius 2 is 1.94 bits per heavy atom. The van der Waals surface area contributed by atoms with Crippen molar-refractivity contribution in [1.82, 2.24) is 4.98 Å². The first kappa shape index (κ1) is 12.0. The molecular weight excluding hydrogens is 247 g/mol. The van der Waals surface area contributed by atoms with Gasteiger partial charge in [0.1, 0.15) is 11.1 Å². The molecule has 0 atom stereocenters. The fraction of sp³-hybridized carbons (Fsp3) is 0.545. The van der Waals surface area contributed by atoms with E-state index >= 15 is 0 Å². The second-order valence-corrected chi connectivity index (χ2v) is 4.94. The molecule has 0 spiro atoms. The predicted molar refractivity (Wildman–Crippen MR) is 65.1 cm³/mol. The minimum absolute atomic E-state index is 0.172. The lowest BCUT2D eigenvalue weighted by molar-refractivity contribution is 0.141. The summed E-state index contributed by atoms with van der Waals surface area (Å²) in [5, 5.41) is 0.977. The second-order valence-electron chi connectivity index (χ2n) is 4.10. The monoisotopic (exact) mass is 260 g/mol. The lowest BCUT2D eigenvalue weighted by Crippen LogP contribution is -2.31. The molecule has 0 saturated heterocycles. The molecule has 1 aliphatic carbocycles. The van der Waals surface area contributed by atoms with Gasteiger partial charge in [0.05, 0.1) is 5.02 Å². The van der Waals surface area contributed by atoms with Gasteiger partial charge in [-0.2, -0.15) is 0 Å². The topological polar surface area (TPSA) is 48.1 Å². The van der Waals surface area contributed by atoms with E-state index in [9.17, 15) is 0 Å². The molecule has 1 aromatic rings. The van der Waals surface area contributed by atoms with Gasteiger partial charge in [0, 0.05) is 12.2 Å². The molecule has 1 heterocycles. The molecule has 5 heteroatoms. The van der Waals surface area contributed by atoms with Gasteiger partial charge in [0.2, 0.25) is 5.88 Å². The second kappa shape index (κ2) is 5.21. The first-order valence-electron chi connectivity index (χ1n) is 5.38. The molecule has 1 aromatic heterocycles. The molecule has 1 aliphatic rings. The van der Waals surface area contributed by atoms with Crippen molar-refractivity contribution in [3.05, 3.63) is 22.3 Å². The third-order valence-corrected chi connectivity index (χ3v) is 3.25. The standard InChI is InChI=1S/C11H14Cl2N2O/c12-7-5-10(13)11(15-6-7)16-9-3-1-8(14)2-4-9/h5-6,8-9H,1-4,14H2. The van der Waals surface area contributed by atoms with Gasteiger partial charge in [0.15, 0.2) is 0 Å². The highest BCUT2D eigenvalue weighted by molar-refractivity contribution is 6.35. The van der Waals surface area contributed by atoms with Crippen molar-refractivity contribution in [1.29, 1.82) is 0 Å². The van der Waals surface area contributed by atoms with Gasteiger partial charge in [0.25, 0.3) is 0 Å². The molecule has 1 saturated carbocycles. The first-order chi connectivity index (χ1) is 7.65. The van der Waals surface area contributed by atoms with Crippen molar-refractivity contribution >= 4 is 23.2 Å². The van der Waals surface area contributed by atoms with Gasteiger partial charge < -0.3 is 10.5 Å². The zero-order valence-electron chi connectivity index (χ0n) is 8.83. The first-order valence-corrected chi connectivity index (χ1v) is 6.14. The number of rotatable bonds is 2. The van der Waals surface area contributed by atoms with Gasteiger partial charge in [-0.1, -0.05) is 23.2 Å². The van der Waals surface area contributed by atoms with Crippen LogP contribution < -0.4 is 10.5 Å². The van der Waals surface area contributed by atoms with Crippen molar-refractivity contribution in [3.8, 4) is 5.88 Å². The Bertz CT molecular complexity index is 365. The Morgan fingerprint density at radius 1 is 1.25 bits per heavy atom. The molecule has 2 N–H and O–H groups in total. The molecule has 0 radical (unpaired) electrons. The summed E-state index contributed by atoms with van der Waals surface area (Å²) in [6.07, 6.45) is 5.62. The highest BCUT2D eigenvalue weighted by atomic mass is 35.5. The summed E-state index contributed by atoms with van der Waals surface area (Å²) in [7, 11) is 0. The van der Waals surface area contributed by atoms with Gasteiger partial charge in [-0.3, -0.25) is 0 Å². The molecule has 2 rings (SSSR count). The van der Waals surface area contributed by atoms with Crippen LogP contribution in [0.2, 0.25) is 10.0 Å². The number of hydrogen-bond acceptors (Lipinski definition) is 3. The Kier molecular flexibility index (Phi) is 3.90. The summed E-state index contributed by atoms with van der Waals surface area (Å²) in [6.45, 7) is 0. The Labute approximate surface area is 105 Å². The molecule has 0 aromatic carbocycles. The fourth-order valence-electron chi connectivity index (χ4n) is 1.85. The van der Waals surface area contributed by atoms with Crippen LogP contribution >= 0.6 is 23.2 Å². The normalized spacial score (nSPS) is 25.4. The number of nitrogens with zero attached hydrogens (tertiary/aromatic N) is 1. The number of nitrogens with two attached hydrogens (primary N) is 1. The van der Waals surface area contributed by atoms with Crippen molar-refractivity contribution < 1.29 is 4.74 Å². The van der Waals surface area contributed by atoms with Gasteiger partial charge in [-0.15, -0.1) is 0 Å². The SMILES string of the molecule is NC1CCC(Oc2ncc(Cl)cc2Cl)CC1. The van der Waals surface area contributed by atoms with Crippen LogP contribution in [0.3, 0.4) is 0 Å². The van der Waals surface area contributed by atoms with E-state index in [1.54, 1.807) is 6.07 Å². The lowest BCUT2D eigenvalue weighted by atomic mass is 9.94. The molecule has 3 nitrogen and oxygen atoms in total. The largest absolute Gasteiger partial charge is 0.473 e. The summed E-state index contributed by atoms with van der Waals surface area (Å²) in [5.74, 6) is 0.464. The molecule has 0 bridgehead atoms. The summed E-state index contributed by atoms with van der Waals surface area (Å²) >= 11 is 11.7. The van der Waals surface area contributed by atoms with Crippen molar-refractivity contribution in [2.24, 2.45) is 5.73 Å². The van der Waals surface area contributed by atoms with E-state index in [2.05, 4.69) is 4.98 Å². The number of hydrogen-bond donors (Lipinski definition) is 1. The van der Waals surface area contributed by atoms with Crippen LogP contribution in [0.1, 0.15) is 25.7 Å². The number of ether oxygens (including phenoxy) is 1. The highest BCUT2D eigenvalue weighted by Gasteiger charge is 2.21. The Balaban J connectivity index is 1.98. The van der Waals surface area contributed by atoms with E-state index in [-0.39, 0.29) is 6.10 Å². The van der Waals surface area contributed by atoms with Crippen LogP contribution in [0.25, 0.3) is 0 Å². The smallest absolute Gasteiger partial charge is 0.232 e. The van der Waals surface area contributed by atoms with Crippen molar-refractivity contribution in [2.45, 2.75) is 37.8 Å². The molecule has 16 heavy (non-hydrogen) atoms. The van der Waals surface area contributed by atoms with Crippen LogP contribution in [0, 0.1) is 0 Å². The molecule has 88 valence electrons. The van der Waals surface area contributed by atoms with Crippen LogP contribution in [0.5, 0.6) is 5.88 Å². The maximum absolute atomic E-state index is 5.98. The molecule has 1 fully saturated rings.